The van der Waals surface area contributed by atoms with Crippen molar-refractivity contribution in [2.75, 3.05) is 0 Å². The minimum atomic E-state index is 0.745. The first kappa shape index (κ1) is 8.52. The van der Waals surface area contributed by atoms with Crippen LogP contribution in [0.1, 0.15) is 12.5 Å². The fraction of sp³-hybridized carbons (Fsp3) is 0.182. The van der Waals surface area contributed by atoms with Crippen LogP contribution in [0, 0.1) is 0 Å². The van der Waals surface area contributed by atoms with E-state index >= 15 is 0 Å². The number of nitrogens with zero attached hydrogens (tertiary/aromatic N) is 1. The Bertz CT molecular complexity index is 437. The van der Waals surface area contributed by atoms with E-state index in [1.54, 1.807) is 6.20 Å². The average molecular weight is 192 g/mol. The van der Waals surface area contributed by atoms with Crippen molar-refractivity contribution in [3.63, 3.8) is 0 Å². The largest absolute Gasteiger partial charge is 0.255 e. The third kappa shape index (κ3) is 1.52. The molecule has 2 aromatic rings. The second-order valence-corrected chi connectivity index (χ2v) is 3.41. The summed E-state index contributed by atoms with van der Waals surface area (Å²) in [5, 5.41) is 1.86. The van der Waals surface area contributed by atoms with Crippen molar-refractivity contribution in [1.82, 2.24) is 4.98 Å². The maximum absolute atomic E-state index is 6.08. The van der Waals surface area contributed by atoms with Crippen LogP contribution >= 0.6 is 11.6 Å². The summed E-state index contributed by atoms with van der Waals surface area (Å²) in [4.78, 5) is 4.22. The highest BCUT2D eigenvalue weighted by Gasteiger charge is 2.00. The molecule has 1 nitrogen and oxygen atoms in total. The van der Waals surface area contributed by atoms with Crippen LogP contribution in [0.3, 0.4) is 0 Å². The topological polar surface area (TPSA) is 12.9 Å². The van der Waals surface area contributed by atoms with Gasteiger partial charge >= 0.3 is 0 Å². The molecule has 0 fully saturated rings. The molecule has 0 amide bonds. The summed E-state index contributed by atoms with van der Waals surface area (Å²) in [6.45, 7) is 2.12. The molecular weight excluding hydrogens is 182 g/mol. The molecular formula is C11H10ClN. The van der Waals surface area contributed by atoms with Gasteiger partial charge in [0.25, 0.3) is 0 Å². The van der Waals surface area contributed by atoms with Gasteiger partial charge in [-0.05, 0) is 30.2 Å². The zero-order chi connectivity index (χ0) is 9.26. The summed E-state index contributed by atoms with van der Waals surface area (Å²) in [6.07, 6.45) is 2.77. The molecule has 0 radical (unpaired) electrons. The Morgan fingerprint density at radius 2 is 2.23 bits per heavy atom. The summed E-state index contributed by atoms with van der Waals surface area (Å²) in [5.74, 6) is 0. The normalized spacial score (nSPS) is 10.6. The van der Waals surface area contributed by atoms with Gasteiger partial charge in [0.2, 0.25) is 0 Å². The lowest BCUT2D eigenvalue weighted by Crippen LogP contribution is -1.84. The molecule has 66 valence electrons. The van der Waals surface area contributed by atoms with Crippen LogP contribution in [0.5, 0.6) is 0 Å². The number of fused-ring (bicyclic) bond motifs is 1. The van der Waals surface area contributed by atoms with Gasteiger partial charge in [0, 0.05) is 11.6 Å². The number of aromatic nitrogens is 1. The molecule has 0 saturated carbocycles. The highest BCUT2D eigenvalue weighted by molar-refractivity contribution is 6.35. The van der Waals surface area contributed by atoms with Crippen LogP contribution in [0.15, 0.2) is 30.5 Å². The fourth-order valence-corrected chi connectivity index (χ4v) is 1.71. The fourth-order valence-electron chi connectivity index (χ4n) is 1.41. The molecule has 13 heavy (non-hydrogen) atoms. The molecule has 0 unspecified atom stereocenters. The number of aryl methyl sites for hydroxylation is 1. The standard InChI is InChI=1S/C11H10ClN/c1-2-8-6-9-4-3-5-13-11(9)10(12)7-8/h3-7H,2H2,1H3. The molecule has 1 aromatic heterocycles. The van der Waals surface area contributed by atoms with Crippen molar-refractivity contribution in [2.24, 2.45) is 0 Å². The average Bonchev–Trinajstić information content (AvgIpc) is 2.18. The first-order valence-corrected chi connectivity index (χ1v) is 4.72. The van der Waals surface area contributed by atoms with Crippen LogP contribution in [0.4, 0.5) is 0 Å². The molecule has 0 spiro atoms. The molecule has 0 N–H and O–H groups in total. The lowest BCUT2D eigenvalue weighted by Gasteiger charge is -2.02. The number of benzene rings is 1. The van der Waals surface area contributed by atoms with E-state index in [4.69, 9.17) is 11.6 Å². The van der Waals surface area contributed by atoms with Gasteiger partial charge in [-0.3, -0.25) is 4.98 Å². The van der Waals surface area contributed by atoms with Gasteiger partial charge in [-0.1, -0.05) is 24.6 Å². The quantitative estimate of drug-likeness (QED) is 0.673. The van der Waals surface area contributed by atoms with Crippen molar-refractivity contribution in [3.05, 3.63) is 41.0 Å². The lowest BCUT2D eigenvalue weighted by molar-refractivity contribution is 1.14. The molecule has 2 heteroatoms. The molecule has 1 aromatic carbocycles. The Morgan fingerprint density at radius 3 is 3.00 bits per heavy atom. The van der Waals surface area contributed by atoms with E-state index < -0.39 is 0 Å². The van der Waals surface area contributed by atoms with E-state index in [1.165, 1.54) is 5.56 Å². The van der Waals surface area contributed by atoms with Gasteiger partial charge in [-0.2, -0.15) is 0 Å². The number of hydrogen-bond acceptors (Lipinski definition) is 1. The van der Waals surface area contributed by atoms with Crippen molar-refractivity contribution >= 4 is 22.5 Å². The third-order valence-corrected chi connectivity index (χ3v) is 2.41. The van der Waals surface area contributed by atoms with Gasteiger partial charge in [-0.15, -0.1) is 0 Å². The Labute approximate surface area is 82.4 Å². The second-order valence-electron chi connectivity index (χ2n) is 3.01. The SMILES string of the molecule is CCc1cc(Cl)c2ncccc2c1. The Kier molecular flexibility index (Phi) is 2.19. The van der Waals surface area contributed by atoms with Crippen LogP contribution in [0.2, 0.25) is 5.02 Å². The van der Waals surface area contributed by atoms with Crippen molar-refractivity contribution in [3.8, 4) is 0 Å². The van der Waals surface area contributed by atoms with E-state index in [9.17, 15) is 0 Å². The molecule has 0 saturated heterocycles. The summed E-state index contributed by atoms with van der Waals surface area (Å²) in [7, 11) is 0. The smallest absolute Gasteiger partial charge is 0.0888 e. The van der Waals surface area contributed by atoms with Gasteiger partial charge in [0.1, 0.15) is 0 Å². The van der Waals surface area contributed by atoms with Gasteiger partial charge < -0.3 is 0 Å². The second kappa shape index (κ2) is 3.35. The molecule has 0 aliphatic heterocycles. The predicted molar refractivity (Wildman–Crippen MR) is 56.1 cm³/mol. The van der Waals surface area contributed by atoms with Gasteiger partial charge in [-0.25, -0.2) is 0 Å². The maximum atomic E-state index is 6.08. The van der Waals surface area contributed by atoms with Crippen LogP contribution in [-0.4, -0.2) is 4.98 Å². The highest BCUT2D eigenvalue weighted by atomic mass is 35.5. The number of hydrogen-bond donors (Lipinski definition) is 0. The molecule has 2 rings (SSSR count). The highest BCUT2D eigenvalue weighted by Crippen LogP contribution is 2.23. The van der Waals surface area contributed by atoms with Crippen LogP contribution < -0.4 is 0 Å². The first-order valence-electron chi connectivity index (χ1n) is 4.34. The molecule has 0 aliphatic carbocycles. The minimum absolute atomic E-state index is 0.745. The van der Waals surface area contributed by atoms with E-state index in [0.29, 0.717) is 0 Å². The van der Waals surface area contributed by atoms with Crippen molar-refractivity contribution in [1.29, 1.82) is 0 Å². The first-order chi connectivity index (χ1) is 6.31. The number of halogens is 1. The van der Waals surface area contributed by atoms with Gasteiger partial charge in [0.15, 0.2) is 0 Å². The lowest BCUT2D eigenvalue weighted by atomic mass is 10.1. The summed E-state index contributed by atoms with van der Waals surface area (Å²) >= 11 is 6.08. The Hall–Kier alpha value is -1.08. The Balaban J connectivity index is 2.77. The Morgan fingerprint density at radius 1 is 1.38 bits per heavy atom. The molecule has 0 atom stereocenters. The summed E-state index contributed by atoms with van der Waals surface area (Å²) in [6, 6.07) is 8.08. The zero-order valence-electron chi connectivity index (χ0n) is 7.42. The number of rotatable bonds is 1. The predicted octanol–water partition coefficient (Wildman–Crippen LogP) is 3.45. The maximum Gasteiger partial charge on any atom is 0.0888 e. The molecule has 1 heterocycles. The van der Waals surface area contributed by atoms with E-state index in [1.807, 2.05) is 18.2 Å². The van der Waals surface area contributed by atoms with E-state index in [0.717, 1.165) is 22.3 Å². The van der Waals surface area contributed by atoms with Gasteiger partial charge in [0.05, 0.1) is 10.5 Å². The summed E-state index contributed by atoms with van der Waals surface area (Å²) < 4.78 is 0. The monoisotopic (exact) mass is 191 g/mol. The molecule has 0 bridgehead atoms. The number of pyridine rings is 1. The third-order valence-electron chi connectivity index (χ3n) is 2.13. The summed E-state index contributed by atoms with van der Waals surface area (Å²) in [5.41, 5.74) is 2.15. The van der Waals surface area contributed by atoms with Crippen LogP contribution in [-0.2, 0) is 6.42 Å². The van der Waals surface area contributed by atoms with Crippen LogP contribution in [0.25, 0.3) is 10.9 Å². The van der Waals surface area contributed by atoms with E-state index in [-0.39, 0.29) is 0 Å². The molecule has 0 aliphatic rings. The van der Waals surface area contributed by atoms with Crippen molar-refractivity contribution < 1.29 is 0 Å². The zero-order valence-corrected chi connectivity index (χ0v) is 8.17. The van der Waals surface area contributed by atoms with E-state index in [2.05, 4.69) is 18.0 Å². The minimum Gasteiger partial charge on any atom is -0.255 e. The van der Waals surface area contributed by atoms with Crippen molar-refractivity contribution in [2.45, 2.75) is 13.3 Å².